The maximum Gasteiger partial charge on any atom is 0.269 e. The summed E-state index contributed by atoms with van der Waals surface area (Å²) in [6, 6.07) is 33.4. The third kappa shape index (κ3) is 5.51. The third-order valence-electron chi connectivity index (χ3n) is 8.29. The highest BCUT2D eigenvalue weighted by Gasteiger charge is 2.43. The van der Waals surface area contributed by atoms with Crippen molar-refractivity contribution in [3.63, 3.8) is 0 Å². The first-order chi connectivity index (χ1) is 22.0. The molecule has 0 radical (unpaired) electrons. The van der Waals surface area contributed by atoms with E-state index < -0.39 is 4.92 Å². The van der Waals surface area contributed by atoms with Gasteiger partial charge < -0.3 is 0 Å². The molecule has 1 aromatic heterocycles. The fraction of sp³-hybridized carbons (Fsp3) is 0.143. The highest BCUT2D eigenvalue weighted by Crippen LogP contribution is 2.49. The van der Waals surface area contributed by atoms with Gasteiger partial charge in [0.25, 0.3) is 11.4 Å². The van der Waals surface area contributed by atoms with Gasteiger partial charge in [-0.3, -0.25) is 20.2 Å². The van der Waals surface area contributed by atoms with Crippen LogP contribution in [0.2, 0.25) is 0 Å². The van der Waals surface area contributed by atoms with Crippen LogP contribution in [0, 0.1) is 26.1 Å². The molecule has 2 heterocycles. The summed E-state index contributed by atoms with van der Waals surface area (Å²) >= 11 is 1.58. The van der Waals surface area contributed by atoms with Crippen LogP contribution in [-0.2, 0) is 0 Å². The van der Waals surface area contributed by atoms with Crippen molar-refractivity contribution in [2.75, 3.05) is 5.01 Å². The zero-order valence-corrected chi connectivity index (χ0v) is 24.8. The van der Waals surface area contributed by atoms with E-state index in [1.807, 2.05) is 53.5 Å². The molecular formula is C35H27N5O4S. The van der Waals surface area contributed by atoms with Gasteiger partial charge in [-0.05, 0) is 59.7 Å². The van der Waals surface area contributed by atoms with E-state index in [1.54, 1.807) is 35.6 Å². The number of allylic oxidation sites excluding steroid dienone is 1. The summed E-state index contributed by atoms with van der Waals surface area (Å²) in [4.78, 5) is 28.1. The van der Waals surface area contributed by atoms with Crippen molar-refractivity contribution in [2.45, 2.75) is 25.3 Å². The fourth-order valence-corrected chi connectivity index (χ4v) is 7.24. The van der Waals surface area contributed by atoms with E-state index in [0.29, 0.717) is 0 Å². The van der Waals surface area contributed by atoms with Gasteiger partial charge in [-0.25, -0.2) is 9.99 Å². The molecule has 1 fully saturated rings. The Morgan fingerprint density at radius 1 is 0.778 bits per heavy atom. The lowest BCUT2D eigenvalue weighted by molar-refractivity contribution is -0.385. The number of nitro groups is 2. The van der Waals surface area contributed by atoms with E-state index in [9.17, 15) is 20.2 Å². The van der Waals surface area contributed by atoms with Gasteiger partial charge in [0.05, 0.1) is 32.2 Å². The zero-order chi connectivity index (χ0) is 30.9. The summed E-state index contributed by atoms with van der Waals surface area (Å²) in [6.07, 6.45) is 4.74. The average Bonchev–Trinajstić information content (AvgIpc) is 3.69. The van der Waals surface area contributed by atoms with Gasteiger partial charge >= 0.3 is 0 Å². The SMILES string of the molecule is O=[N+]([O-])c1ccc(C=C2CCCC3C2=NN(c2nc(-c4ccccc4)c(-c4ccccc4)s2)C3c2ccc([N+](=O)[O-])cc2)cc1. The number of anilines is 1. The maximum absolute atomic E-state index is 11.5. The highest BCUT2D eigenvalue weighted by molar-refractivity contribution is 7.19. The minimum absolute atomic E-state index is 0.0359. The Morgan fingerprint density at radius 3 is 2.00 bits per heavy atom. The van der Waals surface area contributed by atoms with Crippen LogP contribution in [0.1, 0.15) is 36.4 Å². The normalized spacial score (nSPS) is 18.4. The summed E-state index contributed by atoms with van der Waals surface area (Å²) in [5, 5.41) is 30.6. The minimum Gasteiger partial charge on any atom is -0.258 e. The second-order valence-electron chi connectivity index (χ2n) is 11.0. The Labute approximate surface area is 263 Å². The van der Waals surface area contributed by atoms with E-state index >= 15 is 0 Å². The third-order valence-corrected chi connectivity index (χ3v) is 9.38. The van der Waals surface area contributed by atoms with Gasteiger partial charge in [-0.2, -0.15) is 5.10 Å². The first-order valence-corrected chi connectivity index (χ1v) is 15.5. The Hall–Kier alpha value is -5.48. The van der Waals surface area contributed by atoms with Gasteiger partial charge in [0.1, 0.15) is 0 Å². The molecule has 2 aliphatic rings. The molecule has 0 bridgehead atoms. The van der Waals surface area contributed by atoms with Gasteiger partial charge in [-0.15, -0.1) is 0 Å². The summed E-state index contributed by atoms with van der Waals surface area (Å²) in [7, 11) is 0. The predicted octanol–water partition coefficient (Wildman–Crippen LogP) is 9.09. The number of hydrogen-bond donors (Lipinski definition) is 0. The predicted molar refractivity (Wildman–Crippen MR) is 177 cm³/mol. The van der Waals surface area contributed by atoms with E-state index in [2.05, 4.69) is 30.3 Å². The Bertz CT molecular complexity index is 1880. The number of thiazole rings is 1. The fourth-order valence-electron chi connectivity index (χ4n) is 6.16. The van der Waals surface area contributed by atoms with Crippen molar-refractivity contribution in [3.05, 3.63) is 146 Å². The van der Waals surface area contributed by atoms with Gasteiger partial charge in [0, 0.05) is 35.7 Å². The van der Waals surface area contributed by atoms with Crippen LogP contribution in [0.15, 0.2) is 120 Å². The van der Waals surface area contributed by atoms with Crippen LogP contribution in [-0.4, -0.2) is 20.5 Å². The molecular weight excluding hydrogens is 586 g/mol. The lowest BCUT2D eigenvalue weighted by Gasteiger charge is -2.29. The Morgan fingerprint density at radius 2 is 1.38 bits per heavy atom. The number of rotatable bonds is 7. The van der Waals surface area contributed by atoms with Crippen LogP contribution in [0.4, 0.5) is 16.5 Å². The largest absolute Gasteiger partial charge is 0.269 e. The minimum atomic E-state index is -0.400. The molecule has 4 aromatic carbocycles. The van der Waals surface area contributed by atoms with Gasteiger partial charge in [0.15, 0.2) is 0 Å². The molecule has 2 unspecified atom stereocenters. The summed E-state index contributed by atoms with van der Waals surface area (Å²) in [5.41, 5.74) is 6.88. The lowest BCUT2D eigenvalue weighted by Crippen LogP contribution is -2.28. The molecule has 0 N–H and O–H groups in total. The number of nitro benzene ring substituents is 2. The zero-order valence-electron chi connectivity index (χ0n) is 24.0. The first-order valence-electron chi connectivity index (χ1n) is 14.7. The number of benzene rings is 4. The lowest BCUT2D eigenvalue weighted by atomic mass is 9.77. The quantitative estimate of drug-likeness (QED) is 0.134. The molecule has 0 amide bonds. The van der Waals surface area contributed by atoms with E-state index in [0.717, 1.165) is 68.5 Å². The first kappa shape index (κ1) is 28.3. The molecule has 9 nitrogen and oxygen atoms in total. The maximum atomic E-state index is 11.5. The molecule has 2 atom stereocenters. The van der Waals surface area contributed by atoms with Crippen LogP contribution >= 0.6 is 11.3 Å². The molecule has 1 aliphatic carbocycles. The number of hydrazone groups is 1. The van der Waals surface area contributed by atoms with Crippen molar-refractivity contribution < 1.29 is 9.85 Å². The van der Waals surface area contributed by atoms with Gasteiger partial charge in [0.2, 0.25) is 5.13 Å². The Kier molecular flexibility index (Phi) is 7.48. The molecule has 222 valence electrons. The van der Waals surface area contributed by atoms with Crippen molar-refractivity contribution >= 4 is 39.6 Å². The Balaban J connectivity index is 1.36. The standard InChI is InChI=1S/C35H27N5O4S/c41-39(42)28-18-14-23(15-19-28)22-27-12-7-13-30-31(27)37-38(33(30)25-16-20-29(21-17-25)40(43)44)35-36-32(24-8-3-1-4-9-24)34(45-35)26-10-5-2-6-11-26/h1-6,8-11,14-22,30,33H,7,12-13H2. The average molecular weight is 614 g/mol. The van der Waals surface area contributed by atoms with E-state index in [1.165, 1.54) is 12.1 Å². The van der Waals surface area contributed by atoms with Crippen LogP contribution < -0.4 is 5.01 Å². The summed E-state index contributed by atoms with van der Waals surface area (Å²) in [5.74, 6) is 0.0359. The molecule has 1 saturated carbocycles. The van der Waals surface area contributed by atoms with E-state index in [4.69, 9.17) is 10.1 Å². The van der Waals surface area contributed by atoms with Gasteiger partial charge in [-0.1, -0.05) is 84.1 Å². The summed E-state index contributed by atoms with van der Waals surface area (Å²) in [6.45, 7) is 0. The number of aromatic nitrogens is 1. The van der Waals surface area contributed by atoms with Crippen molar-refractivity contribution in [2.24, 2.45) is 11.0 Å². The second kappa shape index (κ2) is 11.9. The molecule has 10 heteroatoms. The monoisotopic (exact) mass is 613 g/mol. The van der Waals surface area contributed by atoms with E-state index in [-0.39, 0.29) is 28.3 Å². The van der Waals surface area contributed by atoms with Crippen LogP contribution in [0.5, 0.6) is 0 Å². The number of nitrogens with zero attached hydrogens (tertiary/aromatic N) is 5. The second-order valence-corrected chi connectivity index (χ2v) is 12.0. The number of hydrogen-bond acceptors (Lipinski definition) is 8. The molecule has 7 rings (SSSR count). The van der Waals surface area contributed by atoms with Crippen molar-refractivity contribution in [3.8, 4) is 21.7 Å². The molecule has 0 spiro atoms. The molecule has 1 aliphatic heterocycles. The van der Waals surface area contributed by atoms with Crippen molar-refractivity contribution in [1.82, 2.24) is 4.98 Å². The molecule has 45 heavy (non-hydrogen) atoms. The van der Waals surface area contributed by atoms with Crippen molar-refractivity contribution in [1.29, 1.82) is 0 Å². The summed E-state index contributed by atoms with van der Waals surface area (Å²) < 4.78 is 0. The van der Waals surface area contributed by atoms with Crippen LogP contribution in [0.25, 0.3) is 27.8 Å². The molecule has 0 saturated heterocycles. The number of fused-ring (bicyclic) bond motifs is 1. The topological polar surface area (TPSA) is 115 Å². The smallest absolute Gasteiger partial charge is 0.258 e. The number of non-ortho nitro benzene ring substituents is 2. The molecule has 5 aromatic rings. The van der Waals surface area contributed by atoms with Crippen LogP contribution in [0.3, 0.4) is 0 Å². The highest BCUT2D eigenvalue weighted by atomic mass is 32.1.